The summed E-state index contributed by atoms with van der Waals surface area (Å²) in [7, 11) is 0. The molecule has 19 heavy (non-hydrogen) atoms. The maximum atomic E-state index is 8.56. The van der Waals surface area contributed by atoms with E-state index in [4.69, 9.17) is 9.84 Å². The first kappa shape index (κ1) is 14.0. The molecule has 0 aromatic carbocycles. The molecule has 0 atom stereocenters. The van der Waals surface area contributed by atoms with Crippen LogP contribution in [0.25, 0.3) is 0 Å². The predicted octanol–water partition coefficient (Wildman–Crippen LogP) is 1.11. The molecule has 1 aliphatic rings. The third-order valence-corrected chi connectivity index (χ3v) is 2.94. The Morgan fingerprint density at radius 1 is 1.21 bits per heavy atom. The van der Waals surface area contributed by atoms with Crippen molar-refractivity contribution < 1.29 is 9.84 Å². The monoisotopic (exact) mass is 266 g/mol. The highest BCUT2D eigenvalue weighted by molar-refractivity contribution is 5.46. The Hall–Kier alpha value is -1.40. The van der Waals surface area contributed by atoms with Crippen molar-refractivity contribution in [2.24, 2.45) is 5.92 Å². The zero-order valence-corrected chi connectivity index (χ0v) is 11.1. The first-order valence-corrected chi connectivity index (χ1v) is 6.87. The third kappa shape index (κ3) is 5.85. The second kappa shape index (κ2) is 7.91. The molecule has 0 saturated heterocycles. The van der Waals surface area contributed by atoms with Crippen molar-refractivity contribution in [1.29, 1.82) is 0 Å². The van der Waals surface area contributed by atoms with E-state index in [9.17, 15) is 0 Å². The van der Waals surface area contributed by atoms with Gasteiger partial charge in [-0.2, -0.15) is 0 Å². The highest BCUT2D eigenvalue weighted by Gasteiger charge is 2.20. The molecule has 1 aromatic heterocycles. The Labute approximate surface area is 113 Å². The summed E-state index contributed by atoms with van der Waals surface area (Å²) in [5.41, 5.74) is 0. The fraction of sp³-hybridized carbons (Fsp3) is 0.692. The van der Waals surface area contributed by atoms with Crippen LogP contribution in [0.2, 0.25) is 0 Å². The molecule has 0 aliphatic heterocycles. The van der Waals surface area contributed by atoms with E-state index in [2.05, 4.69) is 20.6 Å². The van der Waals surface area contributed by atoms with Gasteiger partial charge in [-0.25, -0.2) is 9.97 Å². The lowest BCUT2D eigenvalue weighted by Crippen LogP contribution is -2.10. The summed E-state index contributed by atoms with van der Waals surface area (Å²) in [6, 6.07) is 1.93. The van der Waals surface area contributed by atoms with Gasteiger partial charge in [-0.05, 0) is 25.2 Å². The summed E-state index contributed by atoms with van der Waals surface area (Å²) in [6.07, 6.45) is 5.11. The summed E-state index contributed by atoms with van der Waals surface area (Å²) in [5, 5.41) is 15.1. The molecule has 0 unspecified atom stereocenters. The van der Waals surface area contributed by atoms with Gasteiger partial charge in [-0.15, -0.1) is 0 Å². The van der Waals surface area contributed by atoms with Crippen LogP contribution >= 0.6 is 0 Å². The van der Waals surface area contributed by atoms with Gasteiger partial charge in [0.1, 0.15) is 18.0 Å². The summed E-state index contributed by atoms with van der Waals surface area (Å²) in [6.45, 7) is 2.93. The van der Waals surface area contributed by atoms with Gasteiger partial charge >= 0.3 is 0 Å². The molecule has 0 amide bonds. The second-order valence-corrected chi connectivity index (χ2v) is 4.73. The molecule has 3 N–H and O–H groups in total. The minimum Gasteiger partial charge on any atom is -0.394 e. The fourth-order valence-electron chi connectivity index (χ4n) is 1.68. The van der Waals surface area contributed by atoms with E-state index in [0.717, 1.165) is 37.1 Å². The Kier molecular flexibility index (Phi) is 5.84. The Balaban J connectivity index is 1.63. The van der Waals surface area contributed by atoms with Crippen molar-refractivity contribution in [3.63, 3.8) is 0 Å². The summed E-state index contributed by atoms with van der Waals surface area (Å²) < 4.78 is 5.18. The van der Waals surface area contributed by atoms with E-state index in [1.165, 1.54) is 12.8 Å². The van der Waals surface area contributed by atoms with Crippen molar-refractivity contribution in [1.82, 2.24) is 9.97 Å². The molecule has 6 heteroatoms. The van der Waals surface area contributed by atoms with Crippen LogP contribution in [0.5, 0.6) is 0 Å². The highest BCUT2D eigenvalue weighted by atomic mass is 16.5. The third-order valence-electron chi connectivity index (χ3n) is 2.94. The van der Waals surface area contributed by atoms with Crippen molar-refractivity contribution in [3.05, 3.63) is 12.4 Å². The van der Waals surface area contributed by atoms with E-state index >= 15 is 0 Å². The lowest BCUT2D eigenvalue weighted by molar-refractivity contribution is 0.0922. The molecular weight excluding hydrogens is 244 g/mol. The van der Waals surface area contributed by atoms with Gasteiger partial charge in [0.2, 0.25) is 0 Å². The van der Waals surface area contributed by atoms with E-state index in [-0.39, 0.29) is 6.61 Å². The molecule has 0 radical (unpaired) electrons. The molecule has 0 spiro atoms. The van der Waals surface area contributed by atoms with Crippen LogP contribution in [-0.2, 0) is 4.74 Å². The quantitative estimate of drug-likeness (QED) is 0.551. The standard InChI is InChI=1S/C13H22N4O2/c18-5-7-19-6-1-4-14-12-8-13(17-10-16-12)15-9-11-2-3-11/h8,10-11,18H,1-7,9H2,(H2,14,15,16,17). The minimum atomic E-state index is 0.0787. The van der Waals surface area contributed by atoms with Gasteiger partial charge < -0.3 is 20.5 Å². The Bertz CT molecular complexity index is 371. The SMILES string of the molecule is OCCOCCCNc1cc(NCC2CC2)ncn1. The lowest BCUT2D eigenvalue weighted by atomic mass is 10.4. The normalized spacial score (nSPS) is 14.4. The molecule has 0 bridgehead atoms. The topological polar surface area (TPSA) is 79.3 Å². The van der Waals surface area contributed by atoms with Gasteiger partial charge in [0.15, 0.2) is 0 Å². The van der Waals surface area contributed by atoms with Crippen LogP contribution in [0.3, 0.4) is 0 Å². The van der Waals surface area contributed by atoms with E-state index < -0.39 is 0 Å². The maximum Gasteiger partial charge on any atom is 0.131 e. The van der Waals surface area contributed by atoms with Crippen LogP contribution < -0.4 is 10.6 Å². The summed E-state index contributed by atoms with van der Waals surface area (Å²) >= 11 is 0. The zero-order chi connectivity index (χ0) is 13.3. The molecule has 1 aromatic rings. The minimum absolute atomic E-state index is 0.0787. The summed E-state index contributed by atoms with van der Waals surface area (Å²) in [5.74, 6) is 2.53. The zero-order valence-electron chi connectivity index (χ0n) is 11.1. The number of hydrogen-bond acceptors (Lipinski definition) is 6. The first-order chi connectivity index (χ1) is 9.38. The molecule has 1 heterocycles. The predicted molar refractivity (Wildman–Crippen MR) is 74.3 cm³/mol. The van der Waals surface area contributed by atoms with E-state index in [1.54, 1.807) is 6.33 Å². The van der Waals surface area contributed by atoms with Crippen LogP contribution in [0, 0.1) is 5.92 Å². The molecular formula is C13H22N4O2. The number of ether oxygens (including phenoxy) is 1. The molecule has 2 rings (SSSR count). The first-order valence-electron chi connectivity index (χ1n) is 6.87. The highest BCUT2D eigenvalue weighted by Crippen LogP contribution is 2.28. The molecule has 6 nitrogen and oxygen atoms in total. The van der Waals surface area contributed by atoms with Crippen LogP contribution in [0.4, 0.5) is 11.6 Å². The number of hydrogen-bond donors (Lipinski definition) is 3. The molecule has 1 aliphatic carbocycles. The van der Waals surface area contributed by atoms with E-state index in [1.807, 2.05) is 6.07 Å². The maximum absolute atomic E-state index is 8.56. The number of nitrogens with one attached hydrogen (secondary N) is 2. The summed E-state index contributed by atoms with van der Waals surface area (Å²) in [4.78, 5) is 8.37. The largest absolute Gasteiger partial charge is 0.394 e. The smallest absolute Gasteiger partial charge is 0.131 e. The van der Waals surface area contributed by atoms with Crippen LogP contribution in [-0.4, -0.2) is 48.0 Å². The average molecular weight is 266 g/mol. The number of aliphatic hydroxyl groups is 1. The average Bonchev–Trinajstić information content (AvgIpc) is 3.25. The number of rotatable bonds is 10. The molecule has 1 saturated carbocycles. The fourth-order valence-corrected chi connectivity index (χ4v) is 1.68. The Morgan fingerprint density at radius 2 is 2.00 bits per heavy atom. The van der Waals surface area contributed by atoms with Gasteiger partial charge in [-0.1, -0.05) is 0 Å². The van der Waals surface area contributed by atoms with Gasteiger partial charge in [0.25, 0.3) is 0 Å². The van der Waals surface area contributed by atoms with Crippen molar-refractivity contribution in [2.75, 3.05) is 43.5 Å². The van der Waals surface area contributed by atoms with E-state index in [0.29, 0.717) is 13.2 Å². The molecule has 1 fully saturated rings. The molecule has 106 valence electrons. The number of aromatic nitrogens is 2. The van der Waals surface area contributed by atoms with Gasteiger partial charge in [0.05, 0.1) is 13.2 Å². The number of aliphatic hydroxyl groups excluding tert-OH is 1. The number of nitrogens with zero attached hydrogens (tertiary/aromatic N) is 2. The second-order valence-electron chi connectivity index (χ2n) is 4.73. The Morgan fingerprint density at radius 3 is 2.74 bits per heavy atom. The number of anilines is 2. The van der Waals surface area contributed by atoms with Gasteiger partial charge in [-0.3, -0.25) is 0 Å². The van der Waals surface area contributed by atoms with Crippen molar-refractivity contribution in [2.45, 2.75) is 19.3 Å². The van der Waals surface area contributed by atoms with Crippen molar-refractivity contribution in [3.8, 4) is 0 Å². The van der Waals surface area contributed by atoms with Crippen molar-refractivity contribution >= 4 is 11.6 Å². The van der Waals surface area contributed by atoms with Crippen LogP contribution in [0.15, 0.2) is 12.4 Å². The van der Waals surface area contributed by atoms with Gasteiger partial charge in [0, 0.05) is 25.8 Å². The van der Waals surface area contributed by atoms with Crippen LogP contribution in [0.1, 0.15) is 19.3 Å². The lowest BCUT2D eigenvalue weighted by Gasteiger charge is -2.08.